The van der Waals surface area contributed by atoms with Crippen molar-refractivity contribution >= 4 is 80.1 Å². The molecule has 3 heterocycles. The quantitative estimate of drug-likeness (QED) is 0.514. The Morgan fingerprint density at radius 2 is 1.83 bits per heavy atom. The van der Waals surface area contributed by atoms with Gasteiger partial charge in [0.15, 0.2) is 10.8 Å². The SMILES string of the molecule is O=C(Nc1nc(-c2cccs2)cs1)c1nc(Cl)c(Cl)c(Cl)c1Cl. The molecule has 0 aromatic carbocycles. The molecule has 23 heavy (non-hydrogen) atoms. The molecule has 0 bridgehead atoms. The minimum atomic E-state index is -0.567. The number of anilines is 1. The average molecular weight is 425 g/mol. The van der Waals surface area contributed by atoms with E-state index in [-0.39, 0.29) is 25.9 Å². The highest BCUT2D eigenvalue weighted by Crippen LogP contribution is 2.36. The summed E-state index contributed by atoms with van der Waals surface area (Å²) in [6.45, 7) is 0. The van der Waals surface area contributed by atoms with E-state index >= 15 is 0 Å². The summed E-state index contributed by atoms with van der Waals surface area (Å²) in [7, 11) is 0. The van der Waals surface area contributed by atoms with Gasteiger partial charge in [0.25, 0.3) is 5.91 Å². The maximum absolute atomic E-state index is 12.3. The van der Waals surface area contributed by atoms with Crippen LogP contribution in [0.1, 0.15) is 10.5 Å². The minimum Gasteiger partial charge on any atom is -0.296 e. The molecular formula is C13H5Cl4N3OS2. The summed E-state index contributed by atoms with van der Waals surface area (Å²) in [5.74, 6) is -0.567. The lowest BCUT2D eigenvalue weighted by molar-refractivity contribution is 0.102. The van der Waals surface area contributed by atoms with Gasteiger partial charge in [0.1, 0.15) is 5.15 Å². The first kappa shape index (κ1) is 17.0. The van der Waals surface area contributed by atoms with Crippen molar-refractivity contribution in [3.8, 4) is 10.6 Å². The van der Waals surface area contributed by atoms with Crippen molar-refractivity contribution in [3.63, 3.8) is 0 Å². The Hall–Kier alpha value is -0.890. The third kappa shape index (κ3) is 3.47. The fraction of sp³-hybridized carbons (Fsp3) is 0. The lowest BCUT2D eigenvalue weighted by Gasteiger charge is -2.07. The van der Waals surface area contributed by atoms with Crippen molar-refractivity contribution in [3.05, 3.63) is 48.8 Å². The Labute approximate surface area is 159 Å². The first-order valence-electron chi connectivity index (χ1n) is 5.98. The van der Waals surface area contributed by atoms with E-state index in [0.717, 1.165) is 10.6 Å². The van der Waals surface area contributed by atoms with Crippen LogP contribution < -0.4 is 5.32 Å². The predicted octanol–water partition coefficient (Wildman–Crippen LogP) is 6.13. The summed E-state index contributed by atoms with van der Waals surface area (Å²) in [6.07, 6.45) is 0. The van der Waals surface area contributed by atoms with E-state index in [0.29, 0.717) is 5.13 Å². The number of nitrogens with one attached hydrogen (secondary N) is 1. The molecule has 0 fully saturated rings. The van der Waals surface area contributed by atoms with Crippen molar-refractivity contribution in [2.24, 2.45) is 0 Å². The van der Waals surface area contributed by atoms with Gasteiger partial charge in [-0.1, -0.05) is 52.5 Å². The Bertz CT molecular complexity index is 880. The van der Waals surface area contributed by atoms with Gasteiger partial charge in [-0.05, 0) is 11.4 Å². The Morgan fingerprint density at radius 1 is 1.04 bits per heavy atom. The van der Waals surface area contributed by atoms with Gasteiger partial charge >= 0.3 is 0 Å². The van der Waals surface area contributed by atoms with Gasteiger partial charge in [-0.25, -0.2) is 9.97 Å². The summed E-state index contributed by atoms with van der Waals surface area (Å²) < 4.78 is 0. The summed E-state index contributed by atoms with van der Waals surface area (Å²) >= 11 is 26.4. The van der Waals surface area contributed by atoms with Crippen LogP contribution >= 0.6 is 69.1 Å². The number of carbonyl (C=O) groups excluding carboxylic acids is 1. The standard InChI is InChI=1S/C13H5Cl4N3OS2/c14-7-8(15)10(19-11(17)9(7)16)12(21)20-13-18-5(4-23-13)6-2-1-3-22-6/h1-4H,(H,18,20,21). The molecular weight excluding hydrogens is 420 g/mol. The first-order chi connectivity index (χ1) is 11.0. The van der Waals surface area contributed by atoms with E-state index in [1.165, 1.54) is 11.3 Å². The Balaban J connectivity index is 1.86. The summed E-state index contributed by atoms with van der Waals surface area (Å²) in [5.41, 5.74) is 0.672. The van der Waals surface area contributed by atoms with Crippen LogP contribution in [0.2, 0.25) is 20.2 Å². The van der Waals surface area contributed by atoms with Gasteiger partial charge in [-0.3, -0.25) is 10.1 Å². The van der Waals surface area contributed by atoms with Crippen molar-refractivity contribution < 1.29 is 4.79 Å². The van der Waals surface area contributed by atoms with E-state index in [4.69, 9.17) is 46.4 Å². The van der Waals surface area contributed by atoms with Crippen molar-refractivity contribution in [1.29, 1.82) is 0 Å². The number of aromatic nitrogens is 2. The normalized spacial score (nSPS) is 10.8. The second kappa shape index (κ2) is 6.93. The van der Waals surface area contributed by atoms with Gasteiger partial charge in [-0.2, -0.15) is 0 Å². The molecule has 0 atom stereocenters. The number of amides is 1. The number of hydrogen-bond donors (Lipinski definition) is 1. The van der Waals surface area contributed by atoms with E-state index in [2.05, 4.69) is 15.3 Å². The van der Waals surface area contributed by atoms with E-state index in [1.54, 1.807) is 11.3 Å². The third-order valence-electron chi connectivity index (χ3n) is 2.70. The molecule has 0 unspecified atom stereocenters. The average Bonchev–Trinajstić information content (AvgIpc) is 3.19. The molecule has 3 aromatic heterocycles. The molecule has 0 spiro atoms. The zero-order valence-electron chi connectivity index (χ0n) is 10.9. The lowest BCUT2D eigenvalue weighted by atomic mass is 10.3. The Morgan fingerprint density at radius 3 is 2.52 bits per heavy atom. The van der Waals surface area contributed by atoms with Gasteiger partial charge in [0.05, 0.1) is 25.6 Å². The number of rotatable bonds is 3. The molecule has 0 aliphatic carbocycles. The number of thiazole rings is 1. The largest absolute Gasteiger partial charge is 0.296 e. The number of halogens is 4. The molecule has 1 amide bonds. The molecule has 3 rings (SSSR count). The highest BCUT2D eigenvalue weighted by molar-refractivity contribution is 7.16. The van der Waals surface area contributed by atoms with Crippen LogP contribution in [-0.4, -0.2) is 15.9 Å². The topological polar surface area (TPSA) is 54.9 Å². The van der Waals surface area contributed by atoms with Crippen LogP contribution in [0.5, 0.6) is 0 Å². The number of pyridine rings is 1. The van der Waals surface area contributed by atoms with Crippen LogP contribution in [0.3, 0.4) is 0 Å². The fourth-order valence-electron chi connectivity index (χ4n) is 1.66. The number of carbonyl (C=O) groups is 1. The van der Waals surface area contributed by atoms with Crippen LogP contribution in [-0.2, 0) is 0 Å². The molecule has 3 aromatic rings. The molecule has 1 N–H and O–H groups in total. The Kier molecular flexibility index (Phi) is 5.10. The maximum atomic E-state index is 12.3. The van der Waals surface area contributed by atoms with Crippen LogP contribution in [0, 0.1) is 0 Å². The second-order valence-corrected chi connectivity index (χ2v) is 7.46. The number of nitrogens with zero attached hydrogens (tertiary/aromatic N) is 2. The molecule has 4 nitrogen and oxygen atoms in total. The summed E-state index contributed by atoms with van der Waals surface area (Å²) in [4.78, 5) is 21.5. The number of hydrogen-bond acceptors (Lipinski definition) is 5. The predicted molar refractivity (Wildman–Crippen MR) is 97.7 cm³/mol. The molecule has 0 radical (unpaired) electrons. The first-order valence-corrected chi connectivity index (χ1v) is 9.25. The van der Waals surface area contributed by atoms with Crippen LogP contribution in [0.4, 0.5) is 5.13 Å². The molecule has 0 saturated heterocycles. The summed E-state index contributed by atoms with van der Waals surface area (Å²) in [6, 6.07) is 3.88. The zero-order chi connectivity index (χ0) is 16.6. The fourth-order valence-corrected chi connectivity index (χ4v) is 3.94. The van der Waals surface area contributed by atoms with Gasteiger partial charge in [0, 0.05) is 5.38 Å². The molecule has 10 heteroatoms. The molecule has 118 valence electrons. The van der Waals surface area contributed by atoms with Crippen molar-refractivity contribution in [1.82, 2.24) is 9.97 Å². The molecule has 0 saturated carbocycles. The van der Waals surface area contributed by atoms with E-state index in [1.807, 2.05) is 22.9 Å². The van der Waals surface area contributed by atoms with E-state index in [9.17, 15) is 4.79 Å². The maximum Gasteiger partial charge on any atom is 0.277 e. The van der Waals surface area contributed by atoms with Gasteiger partial charge < -0.3 is 0 Å². The zero-order valence-corrected chi connectivity index (χ0v) is 15.6. The molecule has 0 aliphatic heterocycles. The second-order valence-electron chi connectivity index (χ2n) is 4.16. The minimum absolute atomic E-state index is 0.00381. The summed E-state index contributed by atoms with van der Waals surface area (Å²) in [5, 5.41) is 6.67. The van der Waals surface area contributed by atoms with Gasteiger partial charge in [0.2, 0.25) is 0 Å². The van der Waals surface area contributed by atoms with Crippen LogP contribution in [0.25, 0.3) is 10.6 Å². The molecule has 0 aliphatic rings. The highest BCUT2D eigenvalue weighted by Gasteiger charge is 2.21. The number of thiophene rings is 1. The van der Waals surface area contributed by atoms with Crippen LogP contribution in [0.15, 0.2) is 22.9 Å². The highest BCUT2D eigenvalue weighted by atomic mass is 35.5. The van der Waals surface area contributed by atoms with Crippen molar-refractivity contribution in [2.75, 3.05) is 5.32 Å². The third-order valence-corrected chi connectivity index (χ3v) is 6.03. The van der Waals surface area contributed by atoms with Crippen molar-refractivity contribution in [2.45, 2.75) is 0 Å². The van der Waals surface area contributed by atoms with Gasteiger partial charge in [-0.15, -0.1) is 22.7 Å². The lowest BCUT2D eigenvalue weighted by Crippen LogP contribution is -2.14. The monoisotopic (exact) mass is 423 g/mol. The smallest absolute Gasteiger partial charge is 0.277 e. The van der Waals surface area contributed by atoms with E-state index < -0.39 is 5.91 Å².